The van der Waals surface area contributed by atoms with Gasteiger partial charge in [0.15, 0.2) is 0 Å². The van der Waals surface area contributed by atoms with Gasteiger partial charge in [-0.3, -0.25) is 4.98 Å². The van der Waals surface area contributed by atoms with Crippen LogP contribution in [0, 0.1) is 0 Å². The summed E-state index contributed by atoms with van der Waals surface area (Å²) in [6, 6.07) is 32.1. The Morgan fingerprint density at radius 3 is 1.88 bits per heavy atom. The van der Waals surface area contributed by atoms with Gasteiger partial charge in [-0.1, -0.05) is 78.9 Å². The third-order valence-electron chi connectivity index (χ3n) is 4.46. The first-order valence-corrected chi connectivity index (χ1v) is 8.53. The largest absolute Gasteiger partial charge is 0.265 e. The van der Waals surface area contributed by atoms with E-state index in [4.69, 9.17) is 0 Å². The van der Waals surface area contributed by atoms with Gasteiger partial charge in [0, 0.05) is 12.4 Å². The van der Waals surface area contributed by atoms with Gasteiger partial charge in [0.05, 0.1) is 0 Å². The van der Waals surface area contributed by atoms with E-state index >= 15 is 0 Å². The number of hydrogen-bond acceptors (Lipinski definition) is 1. The molecule has 0 fully saturated rings. The Hall–Kier alpha value is -3.19. The number of benzene rings is 3. The fraction of sp³-hybridized carbons (Fsp3) is 0.0417. The monoisotopic (exact) mass is 321 g/mol. The molecule has 1 aromatic heterocycles. The molecule has 1 heterocycles. The molecule has 0 radical (unpaired) electrons. The predicted molar refractivity (Wildman–Crippen MR) is 104 cm³/mol. The normalized spacial score (nSPS) is 10.6. The zero-order valence-corrected chi connectivity index (χ0v) is 14.0. The Balaban J connectivity index is 1.66. The Labute approximate surface area is 148 Å². The number of nitrogens with zero attached hydrogens (tertiary/aromatic N) is 1. The molecule has 0 unspecified atom stereocenters. The molecule has 0 aliphatic heterocycles. The minimum Gasteiger partial charge on any atom is -0.265 e. The first-order chi connectivity index (χ1) is 12.4. The summed E-state index contributed by atoms with van der Waals surface area (Å²) in [5.74, 6) is 0. The molecule has 1 nitrogen and oxygen atoms in total. The number of pyridine rings is 1. The third kappa shape index (κ3) is 3.51. The second kappa shape index (κ2) is 7.14. The van der Waals surface area contributed by atoms with Crippen LogP contribution in [0.3, 0.4) is 0 Å². The van der Waals surface area contributed by atoms with Crippen LogP contribution in [-0.4, -0.2) is 4.98 Å². The molecule has 0 amide bonds. The molecular weight excluding hydrogens is 302 g/mol. The van der Waals surface area contributed by atoms with Crippen molar-refractivity contribution in [3.05, 3.63) is 115 Å². The summed E-state index contributed by atoms with van der Waals surface area (Å²) in [5.41, 5.74) is 7.66. The van der Waals surface area contributed by atoms with E-state index in [0.717, 1.165) is 6.42 Å². The molecule has 0 saturated carbocycles. The Bertz CT molecular complexity index is 942. The van der Waals surface area contributed by atoms with Crippen LogP contribution in [0.5, 0.6) is 0 Å². The highest BCUT2D eigenvalue weighted by molar-refractivity contribution is 5.72. The van der Waals surface area contributed by atoms with E-state index in [1.165, 1.54) is 33.4 Å². The topological polar surface area (TPSA) is 12.9 Å². The SMILES string of the molecule is c1ccc(-c2ccc(-c3ccccc3Cc3ccncc3)cc2)cc1. The molecule has 0 atom stereocenters. The van der Waals surface area contributed by atoms with E-state index in [9.17, 15) is 0 Å². The van der Waals surface area contributed by atoms with Gasteiger partial charge < -0.3 is 0 Å². The summed E-state index contributed by atoms with van der Waals surface area (Å²) in [4.78, 5) is 4.11. The van der Waals surface area contributed by atoms with Gasteiger partial charge in [-0.2, -0.15) is 0 Å². The standard InChI is InChI=1S/C24H19N/c1-2-6-20(7-3-1)21-10-12-22(13-11-21)24-9-5-4-8-23(24)18-19-14-16-25-17-15-19/h1-17H,18H2. The van der Waals surface area contributed by atoms with Gasteiger partial charge in [0.25, 0.3) is 0 Å². The van der Waals surface area contributed by atoms with Crippen LogP contribution in [0.1, 0.15) is 11.1 Å². The minimum absolute atomic E-state index is 0.916. The van der Waals surface area contributed by atoms with Crippen molar-refractivity contribution in [2.24, 2.45) is 0 Å². The maximum Gasteiger partial charge on any atom is 0.0270 e. The molecule has 25 heavy (non-hydrogen) atoms. The lowest BCUT2D eigenvalue weighted by atomic mass is 9.94. The van der Waals surface area contributed by atoms with E-state index in [2.05, 4.69) is 89.9 Å². The highest BCUT2D eigenvalue weighted by Crippen LogP contribution is 2.28. The third-order valence-corrected chi connectivity index (χ3v) is 4.46. The quantitative estimate of drug-likeness (QED) is 0.449. The zero-order valence-electron chi connectivity index (χ0n) is 14.0. The van der Waals surface area contributed by atoms with E-state index in [1.54, 1.807) is 0 Å². The van der Waals surface area contributed by atoms with Crippen molar-refractivity contribution in [1.29, 1.82) is 0 Å². The second-order valence-corrected chi connectivity index (χ2v) is 6.13. The van der Waals surface area contributed by atoms with Crippen LogP contribution >= 0.6 is 0 Å². The van der Waals surface area contributed by atoms with Crippen molar-refractivity contribution >= 4 is 0 Å². The fourth-order valence-electron chi connectivity index (χ4n) is 3.15. The summed E-state index contributed by atoms with van der Waals surface area (Å²) < 4.78 is 0. The van der Waals surface area contributed by atoms with Crippen molar-refractivity contribution in [3.8, 4) is 22.3 Å². The Morgan fingerprint density at radius 1 is 0.520 bits per heavy atom. The molecule has 0 spiro atoms. The molecule has 3 aromatic carbocycles. The Morgan fingerprint density at radius 2 is 1.12 bits per heavy atom. The Kier molecular flexibility index (Phi) is 4.38. The predicted octanol–water partition coefficient (Wildman–Crippen LogP) is 6.01. The maximum absolute atomic E-state index is 4.11. The van der Waals surface area contributed by atoms with Crippen LogP contribution < -0.4 is 0 Å². The van der Waals surface area contributed by atoms with Crippen molar-refractivity contribution in [2.45, 2.75) is 6.42 Å². The molecule has 120 valence electrons. The van der Waals surface area contributed by atoms with Crippen molar-refractivity contribution in [3.63, 3.8) is 0 Å². The lowest BCUT2D eigenvalue weighted by Crippen LogP contribution is -1.92. The van der Waals surface area contributed by atoms with Crippen LogP contribution in [0.4, 0.5) is 0 Å². The number of aromatic nitrogens is 1. The number of hydrogen-bond donors (Lipinski definition) is 0. The summed E-state index contributed by atoms with van der Waals surface area (Å²) in [6.07, 6.45) is 4.62. The van der Waals surface area contributed by atoms with Crippen molar-refractivity contribution in [1.82, 2.24) is 4.98 Å². The van der Waals surface area contributed by atoms with E-state index in [1.807, 2.05) is 18.5 Å². The summed E-state index contributed by atoms with van der Waals surface area (Å²) >= 11 is 0. The summed E-state index contributed by atoms with van der Waals surface area (Å²) in [7, 11) is 0. The summed E-state index contributed by atoms with van der Waals surface area (Å²) in [5, 5.41) is 0. The second-order valence-electron chi connectivity index (χ2n) is 6.13. The first-order valence-electron chi connectivity index (χ1n) is 8.53. The minimum atomic E-state index is 0.916. The fourth-order valence-corrected chi connectivity index (χ4v) is 3.15. The van der Waals surface area contributed by atoms with Gasteiger partial charge in [0.2, 0.25) is 0 Å². The lowest BCUT2D eigenvalue weighted by Gasteiger charge is -2.11. The highest BCUT2D eigenvalue weighted by Gasteiger charge is 2.06. The highest BCUT2D eigenvalue weighted by atomic mass is 14.6. The van der Waals surface area contributed by atoms with Gasteiger partial charge in [-0.05, 0) is 51.9 Å². The molecule has 4 rings (SSSR count). The summed E-state index contributed by atoms with van der Waals surface area (Å²) in [6.45, 7) is 0. The van der Waals surface area contributed by atoms with Crippen LogP contribution in [0.15, 0.2) is 103 Å². The molecule has 0 saturated heterocycles. The average Bonchev–Trinajstić information content (AvgIpc) is 2.70. The average molecular weight is 321 g/mol. The van der Waals surface area contributed by atoms with E-state index < -0.39 is 0 Å². The van der Waals surface area contributed by atoms with Crippen molar-refractivity contribution < 1.29 is 0 Å². The molecular formula is C24H19N. The van der Waals surface area contributed by atoms with E-state index in [-0.39, 0.29) is 0 Å². The molecule has 0 bridgehead atoms. The molecule has 0 N–H and O–H groups in total. The molecule has 1 heteroatoms. The zero-order chi connectivity index (χ0) is 16.9. The molecule has 4 aromatic rings. The lowest BCUT2D eigenvalue weighted by molar-refractivity contribution is 1.16. The van der Waals surface area contributed by atoms with Gasteiger partial charge in [0.1, 0.15) is 0 Å². The smallest absolute Gasteiger partial charge is 0.0270 e. The van der Waals surface area contributed by atoms with Gasteiger partial charge >= 0.3 is 0 Å². The van der Waals surface area contributed by atoms with E-state index in [0.29, 0.717) is 0 Å². The van der Waals surface area contributed by atoms with Crippen LogP contribution in [0.25, 0.3) is 22.3 Å². The van der Waals surface area contributed by atoms with Crippen LogP contribution in [0.2, 0.25) is 0 Å². The van der Waals surface area contributed by atoms with Crippen LogP contribution in [-0.2, 0) is 6.42 Å². The first kappa shape index (κ1) is 15.3. The van der Waals surface area contributed by atoms with Crippen molar-refractivity contribution in [2.75, 3.05) is 0 Å². The maximum atomic E-state index is 4.11. The van der Waals surface area contributed by atoms with Gasteiger partial charge in [-0.25, -0.2) is 0 Å². The van der Waals surface area contributed by atoms with Gasteiger partial charge in [-0.15, -0.1) is 0 Å². The number of rotatable bonds is 4. The molecule has 0 aliphatic carbocycles. The molecule has 0 aliphatic rings.